The summed E-state index contributed by atoms with van der Waals surface area (Å²) in [5.74, 6) is 0.523. The molecule has 168 valence electrons. The third kappa shape index (κ3) is 5.48. The van der Waals surface area contributed by atoms with Gasteiger partial charge in [-0.15, -0.1) is 0 Å². The highest BCUT2D eigenvalue weighted by atomic mass is 16.6. The van der Waals surface area contributed by atoms with Crippen LogP contribution < -0.4 is 4.74 Å². The molecule has 1 aromatic rings. The summed E-state index contributed by atoms with van der Waals surface area (Å²) < 4.78 is 18.1. The van der Waals surface area contributed by atoms with E-state index >= 15 is 0 Å². The first kappa shape index (κ1) is 21.9. The van der Waals surface area contributed by atoms with Gasteiger partial charge >= 0.3 is 6.09 Å². The minimum atomic E-state index is -0.462. The van der Waals surface area contributed by atoms with Crippen molar-refractivity contribution in [3.05, 3.63) is 23.9 Å². The Bertz CT molecular complexity index is 809. The van der Waals surface area contributed by atoms with Crippen LogP contribution >= 0.6 is 0 Å². The van der Waals surface area contributed by atoms with Gasteiger partial charge in [-0.2, -0.15) is 5.26 Å². The molecule has 4 rings (SSSR count). The van der Waals surface area contributed by atoms with E-state index in [1.807, 2.05) is 25.7 Å². The fourth-order valence-corrected chi connectivity index (χ4v) is 5.12. The van der Waals surface area contributed by atoms with Crippen molar-refractivity contribution in [2.75, 3.05) is 0 Å². The molecule has 2 bridgehead atoms. The molecular formula is C24H33N3O4. The number of rotatable bonds is 4. The summed E-state index contributed by atoms with van der Waals surface area (Å²) in [6.45, 7) is 5.75. The molecule has 3 aliphatic rings. The van der Waals surface area contributed by atoms with Gasteiger partial charge in [0.15, 0.2) is 0 Å². The van der Waals surface area contributed by atoms with Crippen LogP contribution in [0.5, 0.6) is 5.88 Å². The summed E-state index contributed by atoms with van der Waals surface area (Å²) >= 11 is 0. The van der Waals surface area contributed by atoms with Gasteiger partial charge in [0.2, 0.25) is 5.88 Å². The van der Waals surface area contributed by atoms with Crippen LogP contribution in [0.4, 0.5) is 4.79 Å². The number of aromatic nitrogens is 1. The summed E-state index contributed by atoms with van der Waals surface area (Å²) in [5.41, 5.74) is 0.102. The molecule has 1 saturated carbocycles. The number of carbonyl (C=O) groups excluding carboxylic acids is 1. The van der Waals surface area contributed by atoms with Crippen LogP contribution in [-0.4, -0.2) is 52.0 Å². The van der Waals surface area contributed by atoms with Crippen molar-refractivity contribution in [3.8, 4) is 11.9 Å². The molecule has 31 heavy (non-hydrogen) atoms. The fraction of sp³-hybridized carbons (Fsp3) is 0.708. The van der Waals surface area contributed by atoms with E-state index in [1.165, 1.54) is 0 Å². The summed E-state index contributed by atoms with van der Waals surface area (Å²) in [6, 6.07) is 5.95. The molecule has 1 amide bonds. The lowest BCUT2D eigenvalue weighted by molar-refractivity contribution is -0.0814. The summed E-state index contributed by atoms with van der Waals surface area (Å²) in [7, 11) is 0. The standard InChI is InChI=1S/C24H33N3O4/c1-24(2,3)31-23(28)27-17-4-5-18(27)14-21(13-17)29-19-6-8-20(9-7-19)30-22-12-16(15-25)10-11-26-22/h10-12,17-21H,4-9,13-14H2,1-3H3/t17-,18+,19?,20?,21?. The molecular weight excluding hydrogens is 394 g/mol. The van der Waals surface area contributed by atoms with Crippen LogP contribution in [0, 0.1) is 11.3 Å². The predicted molar refractivity (Wildman–Crippen MR) is 115 cm³/mol. The van der Waals surface area contributed by atoms with Crippen molar-refractivity contribution in [2.24, 2.45) is 0 Å². The Morgan fingerprint density at radius 3 is 2.32 bits per heavy atom. The quantitative estimate of drug-likeness (QED) is 0.699. The summed E-state index contributed by atoms with van der Waals surface area (Å²) in [5, 5.41) is 9.02. The zero-order valence-corrected chi connectivity index (χ0v) is 18.8. The summed E-state index contributed by atoms with van der Waals surface area (Å²) in [6.07, 6.45) is 9.67. The van der Waals surface area contributed by atoms with Gasteiger partial charge < -0.3 is 19.1 Å². The van der Waals surface area contributed by atoms with Crippen molar-refractivity contribution in [1.82, 2.24) is 9.88 Å². The van der Waals surface area contributed by atoms with Crippen LogP contribution in [0.15, 0.2) is 18.3 Å². The molecule has 0 aromatic carbocycles. The van der Waals surface area contributed by atoms with Gasteiger partial charge in [-0.1, -0.05) is 0 Å². The smallest absolute Gasteiger partial charge is 0.410 e. The molecule has 3 atom stereocenters. The lowest BCUT2D eigenvalue weighted by atomic mass is 9.93. The first-order valence-electron chi connectivity index (χ1n) is 11.5. The highest BCUT2D eigenvalue weighted by molar-refractivity contribution is 5.69. The Kier molecular flexibility index (Phi) is 6.38. The van der Waals surface area contributed by atoms with Crippen LogP contribution in [0.2, 0.25) is 0 Å². The number of amides is 1. The minimum absolute atomic E-state index is 0.117. The topological polar surface area (TPSA) is 84.7 Å². The molecule has 1 aromatic heterocycles. The van der Waals surface area contributed by atoms with E-state index in [1.54, 1.807) is 18.3 Å². The second-order valence-electron chi connectivity index (χ2n) is 10.0. The second kappa shape index (κ2) is 9.04. The van der Waals surface area contributed by atoms with Crippen LogP contribution in [-0.2, 0) is 9.47 Å². The van der Waals surface area contributed by atoms with Gasteiger partial charge in [0.1, 0.15) is 11.7 Å². The van der Waals surface area contributed by atoms with Gasteiger partial charge in [-0.05, 0) is 78.2 Å². The first-order chi connectivity index (χ1) is 14.8. The normalized spacial score (nSPS) is 30.5. The van der Waals surface area contributed by atoms with E-state index in [0.717, 1.165) is 51.4 Å². The highest BCUT2D eigenvalue weighted by Crippen LogP contribution is 2.39. The first-order valence-corrected chi connectivity index (χ1v) is 11.5. The maximum atomic E-state index is 12.6. The number of nitriles is 1. The molecule has 2 aliphatic heterocycles. The molecule has 3 heterocycles. The molecule has 7 heteroatoms. The van der Waals surface area contributed by atoms with E-state index in [4.69, 9.17) is 19.5 Å². The molecule has 2 saturated heterocycles. The number of pyridine rings is 1. The van der Waals surface area contributed by atoms with Crippen molar-refractivity contribution in [2.45, 2.75) is 108 Å². The number of carbonyl (C=O) groups is 1. The number of fused-ring (bicyclic) bond motifs is 2. The number of hydrogen-bond acceptors (Lipinski definition) is 6. The molecule has 1 aliphatic carbocycles. The monoisotopic (exact) mass is 427 g/mol. The van der Waals surface area contributed by atoms with Gasteiger partial charge in [-0.3, -0.25) is 0 Å². The van der Waals surface area contributed by atoms with Crippen LogP contribution in [0.3, 0.4) is 0 Å². The zero-order chi connectivity index (χ0) is 22.0. The second-order valence-corrected chi connectivity index (χ2v) is 10.0. The highest BCUT2D eigenvalue weighted by Gasteiger charge is 2.45. The van der Waals surface area contributed by atoms with E-state index < -0.39 is 5.60 Å². The van der Waals surface area contributed by atoms with Crippen LogP contribution in [0.1, 0.15) is 77.7 Å². The average Bonchev–Trinajstić information content (AvgIpc) is 2.99. The maximum Gasteiger partial charge on any atom is 0.410 e. The van der Waals surface area contributed by atoms with E-state index in [-0.39, 0.29) is 36.5 Å². The third-order valence-electron chi connectivity index (χ3n) is 6.45. The maximum absolute atomic E-state index is 12.6. The van der Waals surface area contributed by atoms with Crippen molar-refractivity contribution < 1.29 is 19.0 Å². The lowest BCUT2D eigenvalue weighted by Crippen LogP contribution is -2.50. The molecule has 1 unspecified atom stereocenters. The van der Waals surface area contributed by atoms with Crippen LogP contribution in [0.25, 0.3) is 0 Å². The molecule has 0 radical (unpaired) electrons. The number of ether oxygens (including phenoxy) is 3. The van der Waals surface area contributed by atoms with E-state index in [0.29, 0.717) is 11.4 Å². The van der Waals surface area contributed by atoms with Crippen molar-refractivity contribution in [1.29, 1.82) is 5.26 Å². The van der Waals surface area contributed by atoms with Gasteiger partial charge in [0.25, 0.3) is 0 Å². The fourth-order valence-electron chi connectivity index (χ4n) is 5.12. The number of piperidine rings is 1. The van der Waals surface area contributed by atoms with E-state index in [2.05, 4.69) is 11.1 Å². The van der Waals surface area contributed by atoms with Gasteiger partial charge in [0, 0.05) is 24.3 Å². The Hall–Kier alpha value is -2.33. The van der Waals surface area contributed by atoms with Gasteiger partial charge in [-0.25, -0.2) is 9.78 Å². The molecule has 0 N–H and O–H groups in total. The summed E-state index contributed by atoms with van der Waals surface area (Å²) in [4.78, 5) is 18.8. The molecule has 0 spiro atoms. The van der Waals surface area contributed by atoms with Crippen molar-refractivity contribution >= 4 is 6.09 Å². The van der Waals surface area contributed by atoms with Gasteiger partial charge in [0.05, 0.1) is 23.8 Å². The van der Waals surface area contributed by atoms with E-state index in [9.17, 15) is 4.79 Å². The third-order valence-corrected chi connectivity index (χ3v) is 6.45. The Labute approximate surface area is 184 Å². The minimum Gasteiger partial charge on any atom is -0.474 e. The van der Waals surface area contributed by atoms with Crippen molar-refractivity contribution in [3.63, 3.8) is 0 Å². The molecule has 7 nitrogen and oxygen atoms in total. The Morgan fingerprint density at radius 1 is 1.06 bits per heavy atom. The largest absolute Gasteiger partial charge is 0.474 e. The Morgan fingerprint density at radius 2 is 1.71 bits per heavy atom. The lowest BCUT2D eigenvalue weighted by Gasteiger charge is -2.41. The number of nitrogens with zero attached hydrogens (tertiary/aromatic N) is 3. The number of hydrogen-bond donors (Lipinski definition) is 0. The molecule has 3 fully saturated rings. The average molecular weight is 428 g/mol. The predicted octanol–water partition coefficient (Wildman–Crippen LogP) is 4.59. The SMILES string of the molecule is CC(C)(C)OC(=O)N1[C@@H]2CC[C@H]1CC(OC1CCC(Oc3cc(C#N)ccn3)CC1)C2. The zero-order valence-electron chi connectivity index (χ0n) is 18.8. The Balaban J connectivity index is 1.24.